The van der Waals surface area contributed by atoms with E-state index in [0.29, 0.717) is 0 Å². The zero-order chi connectivity index (χ0) is 14.0. The molecule has 19 heavy (non-hydrogen) atoms. The van der Waals surface area contributed by atoms with Crippen molar-refractivity contribution in [3.05, 3.63) is 33.8 Å². The van der Waals surface area contributed by atoms with Gasteiger partial charge >= 0.3 is 0 Å². The molecule has 0 amide bonds. The minimum absolute atomic E-state index is 0.0284. The molecule has 0 aliphatic heterocycles. The summed E-state index contributed by atoms with van der Waals surface area (Å²) in [5.41, 5.74) is 2.25. The molecule has 3 nitrogen and oxygen atoms in total. The molecule has 1 aliphatic rings. The molecule has 0 aromatic heterocycles. The molecule has 0 radical (unpaired) electrons. The first-order valence-electron chi connectivity index (χ1n) is 6.17. The number of benzene rings is 1. The maximum atomic E-state index is 14.0. The molecule has 1 aromatic rings. The third-order valence-corrected chi connectivity index (χ3v) is 4.60. The Hall–Kier alpha value is -0.560. The van der Waals surface area contributed by atoms with Crippen LogP contribution in [0.4, 0.5) is 8.78 Å². The Kier molecular flexibility index (Phi) is 4.55. The quantitative estimate of drug-likeness (QED) is 0.494. The van der Waals surface area contributed by atoms with Gasteiger partial charge in [0.2, 0.25) is 0 Å². The van der Waals surface area contributed by atoms with Gasteiger partial charge in [-0.15, -0.1) is 0 Å². The highest BCUT2D eigenvalue weighted by atomic mass is 79.9. The number of halogens is 3. The van der Waals surface area contributed by atoms with E-state index in [9.17, 15) is 8.78 Å². The van der Waals surface area contributed by atoms with Gasteiger partial charge < -0.3 is 4.74 Å². The van der Waals surface area contributed by atoms with Crippen molar-refractivity contribution in [2.45, 2.75) is 37.3 Å². The Balaban J connectivity index is 2.26. The van der Waals surface area contributed by atoms with E-state index in [-0.39, 0.29) is 22.5 Å². The number of hydrogen-bond donors (Lipinski definition) is 2. The largest absolute Gasteiger partial charge is 0.377 e. The van der Waals surface area contributed by atoms with E-state index in [4.69, 9.17) is 10.6 Å². The number of ether oxygens (including phenoxy) is 1. The van der Waals surface area contributed by atoms with Gasteiger partial charge in [-0.25, -0.2) is 8.78 Å². The van der Waals surface area contributed by atoms with Crippen LogP contribution in [0.1, 0.15) is 24.8 Å². The van der Waals surface area contributed by atoms with Crippen molar-refractivity contribution in [3.63, 3.8) is 0 Å². The van der Waals surface area contributed by atoms with Crippen molar-refractivity contribution in [3.8, 4) is 0 Å². The highest BCUT2D eigenvalue weighted by Crippen LogP contribution is 2.39. The molecule has 106 valence electrons. The summed E-state index contributed by atoms with van der Waals surface area (Å²) < 4.78 is 33.5. The minimum atomic E-state index is -0.578. The predicted octanol–water partition coefficient (Wildman–Crippen LogP) is 2.67. The molecular weight excluding hydrogens is 318 g/mol. The molecule has 6 heteroatoms. The Morgan fingerprint density at radius 3 is 2.63 bits per heavy atom. The second-order valence-electron chi connectivity index (χ2n) is 4.87. The second-order valence-corrected chi connectivity index (χ2v) is 5.72. The lowest BCUT2D eigenvalue weighted by Crippen LogP contribution is -2.59. The normalized spacial score (nSPS) is 19.0. The Bertz CT molecular complexity index is 461. The van der Waals surface area contributed by atoms with Crippen molar-refractivity contribution < 1.29 is 13.5 Å². The molecule has 1 aliphatic carbocycles. The molecule has 0 bridgehead atoms. The van der Waals surface area contributed by atoms with Gasteiger partial charge in [-0.05, 0) is 53.7 Å². The summed E-state index contributed by atoms with van der Waals surface area (Å²) >= 11 is 3.07. The summed E-state index contributed by atoms with van der Waals surface area (Å²) in [5.74, 6) is 4.40. The van der Waals surface area contributed by atoms with Gasteiger partial charge in [0, 0.05) is 12.7 Å². The zero-order valence-corrected chi connectivity index (χ0v) is 12.3. The Labute approximate surface area is 119 Å². The molecule has 1 atom stereocenters. The van der Waals surface area contributed by atoms with Crippen LogP contribution in [-0.4, -0.2) is 18.8 Å². The topological polar surface area (TPSA) is 47.3 Å². The van der Waals surface area contributed by atoms with E-state index in [2.05, 4.69) is 21.4 Å². The first-order valence-corrected chi connectivity index (χ1v) is 6.97. The third-order valence-electron chi connectivity index (χ3n) is 3.99. The standard InChI is InChI=1S/C13H17BrF2N2O/c1-19-13(5-2-6-13)11(18-17)7-8-10(15)4-3-9(14)12(8)16/h3-4,11,18H,2,5-7,17H2,1H3. The molecule has 0 heterocycles. The summed E-state index contributed by atoms with van der Waals surface area (Å²) in [7, 11) is 1.61. The van der Waals surface area contributed by atoms with Gasteiger partial charge in [0.15, 0.2) is 0 Å². The second kappa shape index (κ2) is 5.83. The van der Waals surface area contributed by atoms with Crippen LogP contribution in [0.25, 0.3) is 0 Å². The van der Waals surface area contributed by atoms with Gasteiger partial charge in [0.1, 0.15) is 11.6 Å². The highest BCUT2D eigenvalue weighted by Gasteiger charge is 2.44. The fourth-order valence-electron chi connectivity index (χ4n) is 2.58. The summed E-state index contributed by atoms with van der Waals surface area (Å²) in [6.45, 7) is 0. The maximum Gasteiger partial charge on any atom is 0.143 e. The predicted molar refractivity (Wildman–Crippen MR) is 72.5 cm³/mol. The van der Waals surface area contributed by atoms with E-state index >= 15 is 0 Å². The van der Waals surface area contributed by atoms with Crippen LogP contribution in [0.15, 0.2) is 16.6 Å². The average molecular weight is 335 g/mol. The van der Waals surface area contributed by atoms with E-state index < -0.39 is 17.2 Å². The van der Waals surface area contributed by atoms with Gasteiger partial charge in [0.25, 0.3) is 0 Å². The number of nitrogens with two attached hydrogens (primary N) is 1. The van der Waals surface area contributed by atoms with Crippen molar-refractivity contribution in [2.75, 3.05) is 7.11 Å². The van der Waals surface area contributed by atoms with E-state index in [1.165, 1.54) is 12.1 Å². The molecule has 3 N–H and O–H groups in total. The van der Waals surface area contributed by atoms with Crippen molar-refractivity contribution in [1.29, 1.82) is 0 Å². The lowest BCUT2D eigenvalue weighted by atomic mass is 9.73. The first-order chi connectivity index (χ1) is 9.04. The van der Waals surface area contributed by atoms with Crippen LogP contribution in [0.3, 0.4) is 0 Å². The van der Waals surface area contributed by atoms with Crippen LogP contribution in [0, 0.1) is 11.6 Å². The van der Waals surface area contributed by atoms with Crippen LogP contribution in [-0.2, 0) is 11.2 Å². The number of hydrazine groups is 1. The highest BCUT2D eigenvalue weighted by molar-refractivity contribution is 9.10. The number of hydrogen-bond acceptors (Lipinski definition) is 3. The lowest BCUT2D eigenvalue weighted by Gasteiger charge is -2.46. The van der Waals surface area contributed by atoms with Crippen molar-refractivity contribution >= 4 is 15.9 Å². The third kappa shape index (κ3) is 2.67. The Morgan fingerprint density at radius 2 is 2.16 bits per heavy atom. The molecule has 0 spiro atoms. The summed E-state index contributed by atoms with van der Waals surface area (Å²) in [6.07, 6.45) is 2.88. The first kappa shape index (κ1) is 14.8. The Morgan fingerprint density at radius 1 is 1.47 bits per heavy atom. The zero-order valence-electron chi connectivity index (χ0n) is 10.7. The molecular formula is C13H17BrF2N2O. The number of methoxy groups -OCH3 is 1. The van der Waals surface area contributed by atoms with Gasteiger partial charge in [-0.3, -0.25) is 11.3 Å². The summed E-state index contributed by atoms with van der Waals surface area (Å²) in [6, 6.07) is 2.29. The molecule has 1 aromatic carbocycles. The fraction of sp³-hybridized carbons (Fsp3) is 0.538. The summed E-state index contributed by atoms with van der Waals surface area (Å²) in [4.78, 5) is 0. The van der Waals surface area contributed by atoms with Gasteiger partial charge in [0.05, 0.1) is 16.1 Å². The van der Waals surface area contributed by atoms with E-state index in [0.717, 1.165) is 19.3 Å². The van der Waals surface area contributed by atoms with Gasteiger partial charge in [-0.2, -0.15) is 0 Å². The lowest BCUT2D eigenvalue weighted by molar-refractivity contribution is -0.0984. The van der Waals surface area contributed by atoms with Crippen LogP contribution in [0.5, 0.6) is 0 Å². The molecule has 1 unspecified atom stereocenters. The van der Waals surface area contributed by atoms with Gasteiger partial charge in [-0.1, -0.05) is 0 Å². The molecule has 0 saturated heterocycles. The van der Waals surface area contributed by atoms with E-state index in [1.807, 2.05) is 0 Å². The molecule has 1 fully saturated rings. The number of rotatable bonds is 5. The SMILES string of the molecule is COC1(C(Cc2c(F)ccc(Br)c2F)NN)CCC1. The summed E-state index contributed by atoms with van der Waals surface area (Å²) in [5, 5.41) is 0. The van der Waals surface area contributed by atoms with E-state index in [1.54, 1.807) is 7.11 Å². The minimum Gasteiger partial charge on any atom is -0.377 e. The maximum absolute atomic E-state index is 14.0. The molecule has 2 rings (SSSR count). The monoisotopic (exact) mass is 334 g/mol. The van der Waals surface area contributed by atoms with Crippen LogP contribution < -0.4 is 11.3 Å². The number of nitrogens with one attached hydrogen (secondary N) is 1. The van der Waals surface area contributed by atoms with Crippen molar-refractivity contribution in [2.24, 2.45) is 5.84 Å². The van der Waals surface area contributed by atoms with Crippen LogP contribution >= 0.6 is 15.9 Å². The van der Waals surface area contributed by atoms with Crippen LogP contribution in [0.2, 0.25) is 0 Å². The fourth-order valence-corrected chi connectivity index (χ4v) is 2.95. The molecule has 1 saturated carbocycles. The smallest absolute Gasteiger partial charge is 0.143 e. The van der Waals surface area contributed by atoms with Crippen molar-refractivity contribution in [1.82, 2.24) is 5.43 Å². The average Bonchev–Trinajstić information content (AvgIpc) is 2.36.